The van der Waals surface area contributed by atoms with E-state index in [9.17, 15) is 18.4 Å². The summed E-state index contributed by atoms with van der Waals surface area (Å²) in [6.45, 7) is 0. The van der Waals surface area contributed by atoms with Gasteiger partial charge in [-0.25, -0.2) is 8.78 Å². The molecule has 0 aliphatic carbocycles. The van der Waals surface area contributed by atoms with Crippen molar-refractivity contribution in [3.8, 4) is 0 Å². The Balaban J connectivity index is 2.30. The van der Waals surface area contributed by atoms with E-state index >= 15 is 0 Å². The molecule has 2 rings (SSSR count). The lowest BCUT2D eigenvalue weighted by Gasteiger charge is -2.12. The zero-order valence-electron chi connectivity index (χ0n) is 12.4. The molecule has 0 saturated heterocycles. The molecule has 4 nitrogen and oxygen atoms in total. The molecule has 0 bridgehead atoms. The lowest BCUT2D eigenvalue weighted by atomic mass is 10.1. The van der Waals surface area contributed by atoms with Gasteiger partial charge in [-0.3, -0.25) is 9.59 Å². The van der Waals surface area contributed by atoms with Crippen LogP contribution in [0.15, 0.2) is 40.9 Å². The molecule has 0 aromatic heterocycles. The number of anilines is 1. The van der Waals surface area contributed by atoms with Gasteiger partial charge in [-0.15, -0.1) is 0 Å². The van der Waals surface area contributed by atoms with Gasteiger partial charge in [-0.2, -0.15) is 0 Å². The van der Waals surface area contributed by atoms with Gasteiger partial charge in [0.15, 0.2) is 0 Å². The van der Waals surface area contributed by atoms with Crippen LogP contribution in [0.1, 0.15) is 20.7 Å². The van der Waals surface area contributed by atoms with Crippen LogP contribution in [-0.2, 0) is 0 Å². The van der Waals surface area contributed by atoms with E-state index in [1.165, 1.54) is 29.2 Å². The third-order valence-electron chi connectivity index (χ3n) is 3.04. The Morgan fingerprint density at radius 1 is 1.04 bits per heavy atom. The number of carbonyl (C=O) groups is 2. The van der Waals surface area contributed by atoms with E-state index in [1.807, 2.05) is 0 Å². The van der Waals surface area contributed by atoms with Crippen molar-refractivity contribution in [2.45, 2.75) is 0 Å². The highest BCUT2D eigenvalue weighted by molar-refractivity contribution is 9.10. The van der Waals surface area contributed by atoms with Crippen molar-refractivity contribution in [1.82, 2.24) is 4.90 Å². The lowest BCUT2D eigenvalue weighted by molar-refractivity contribution is 0.0827. The van der Waals surface area contributed by atoms with Crippen LogP contribution in [0.4, 0.5) is 14.5 Å². The van der Waals surface area contributed by atoms with Crippen LogP contribution in [0.5, 0.6) is 0 Å². The number of amides is 2. The number of nitrogens with zero attached hydrogens (tertiary/aromatic N) is 1. The fourth-order valence-electron chi connectivity index (χ4n) is 1.88. The molecule has 0 aliphatic heterocycles. The minimum atomic E-state index is -0.802. The second-order valence-corrected chi connectivity index (χ2v) is 5.89. The summed E-state index contributed by atoms with van der Waals surface area (Å²) in [6, 6.07) is 7.52. The maximum atomic E-state index is 13.8. The zero-order valence-corrected chi connectivity index (χ0v) is 13.9. The maximum absolute atomic E-state index is 13.8. The Kier molecular flexibility index (Phi) is 5.10. The van der Waals surface area contributed by atoms with E-state index in [1.54, 1.807) is 14.1 Å². The highest BCUT2D eigenvalue weighted by Crippen LogP contribution is 2.20. The molecule has 2 amide bonds. The molecular weight excluding hydrogens is 370 g/mol. The predicted molar refractivity (Wildman–Crippen MR) is 86.5 cm³/mol. The number of nitrogens with one attached hydrogen (secondary N) is 1. The second-order valence-electron chi connectivity index (χ2n) is 4.97. The molecule has 2 aromatic rings. The maximum Gasteiger partial charge on any atom is 0.258 e. The Hall–Kier alpha value is -2.28. The summed E-state index contributed by atoms with van der Waals surface area (Å²) in [6.07, 6.45) is 0. The quantitative estimate of drug-likeness (QED) is 0.879. The van der Waals surface area contributed by atoms with Gasteiger partial charge in [0.2, 0.25) is 0 Å². The van der Waals surface area contributed by atoms with E-state index in [0.29, 0.717) is 4.47 Å². The Morgan fingerprint density at radius 2 is 1.74 bits per heavy atom. The summed E-state index contributed by atoms with van der Waals surface area (Å²) in [7, 11) is 3.11. The molecule has 7 heteroatoms. The van der Waals surface area contributed by atoms with Crippen LogP contribution in [0.25, 0.3) is 0 Å². The van der Waals surface area contributed by atoms with Gasteiger partial charge in [0.05, 0.1) is 11.3 Å². The molecule has 0 atom stereocenters. The van der Waals surface area contributed by atoms with Crippen molar-refractivity contribution in [3.63, 3.8) is 0 Å². The number of hydrogen-bond acceptors (Lipinski definition) is 2. The summed E-state index contributed by atoms with van der Waals surface area (Å²) in [5, 5.41) is 2.28. The van der Waals surface area contributed by atoms with E-state index in [-0.39, 0.29) is 22.7 Å². The van der Waals surface area contributed by atoms with Gasteiger partial charge >= 0.3 is 0 Å². The first-order valence-electron chi connectivity index (χ1n) is 6.57. The van der Waals surface area contributed by atoms with Crippen LogP contribution in [0.2, 0.25) is 0 Å². The Labute approximate surface area is 140 Å². The topological polar surface area (TPSA) is 49.4 Å². The van der Waals surface area contributed by atoms with Crippen LogP contribution >= 0.6 is 15.9 Å². The number of carbonyl (C=O) groups excluding carboxylic acids is 2. The van der Waals surface area contributed by atoms with Gasteiger partial charge in [0, 0.05) is 24.1 Å². The summed E-state index contributed by atoms with van der Waals surface area (Å²) >= 11 is 3.09. The fourth-order valence-corrected chi connectivity index (χ4v) is 2.21. The Bertz CT molecular complexity index is 779. The van der Waals surface area contributed by atoms with E-state index in [2.05, 4.69) is 21.2 Å². The molecule has 0 fully saturated rings. The molecule has 0 saturated carbocycles. The van der Waals surface area contributed by atoms with Crippen LogP contribution < -0.4 is 5.32 Å². The highest BCUT2D eigenvalue weighted by Gasteiger charge is 2.16. The average molecular weight is 383 g/mol. The highest BCUT2D eigenvalue weighted by atomic mass is 79.9. The second kappa shape index (κ2) is 6.87. The number of halogens is 3. The Morgan fingerprint density at radius 3 is 2.35 bits per heavy atom. The van der Waals surface area contributed by atoms with Gasteiger partial charge < -0.3 is 10.2 Å². The molecule has 0 radical (unpaired) electrons. The summed E-state index contributed by atoms with van der Waals surface area (Å²) in [5.41, 5.74) is -0.204. The number of hydrogen-bond donors (Lipinski definition) is 1. The van der Waals surface area contributed by atoms with E-state index in [0.717, 1.165) is 12.1 Å². The van der Waals surface area contributed by atoms with Crippen molar-refractivity contribution < 1.29 is 18.4 Å². The number of rotatable bonds is 3. The van der Waals surface area contributed by atoms with Crippen molar-refractivity contribution in [3.05, 3.63) is 63.6 Å². The molecule has 0 aliphatic rings. The molecule has 0 unspecified atom stereocenters. The van der Waals surface area contributed by atoms with Crippen molar-refractivity contribution in [1.29, 1.82) is 0 Å². The summed E-state index contributed by atoms with van der Waals surface area (Å²) in [4.78, 5) is 25.3. The van der Waals surface area contributed by atoms with E-state index < -0.39 is 17.5 Å². The smallest absolute Gasteiger partial charge is 0.258 e. The third-order valence-corrected chi connectivity index (χ3v) is 3.54. The fraction of sp³-hybridized carbons (Fsp3) is 0.125. The monoisotopic (exact) mass is 382 g/mol. The van der Waals surface area contributed by atoms with Crippen LogP contribution in [-0.4, -0.2) is 30.8 Å². The molecule has 0 spiro atoms. The zero-order chi connectivity index (χ0) is 17.1. The molecular formula is C16H13BrF2N2O2. The first-order valence-corrected chi connectivity index (χ1v) is 7.36. The van der Waals surface area contributed by atoms with Gasteiger partial charge in [0.1, 0.15) is 11.6 Å². The van der Waals surface area contributed by atoms with Gasteiger partial charge in [0.25, 0.3) is 11.8 Å². The lowest BCUT2D eigenvalue weighted by Crippen LogP contribution is -2.22. The minimum Gasteiger partial charge on any atom is -0.345 e. The largest absolute Gasteiger partial charge is 0.345 e. The minimum absolute atomic E-state index is 0.190. The SMILES string of the molecule is CN(C)C(=O)c1ccc(F)c(NC(=O)c2ccc(Br)cc2F)c1. The summed E-state index contributed by atoms with van der Waals surface area (Å²) < 4.78 is 28.1. The average Bonchev–Trinajstić information content (AvgIpc) is 2.48. The van der Waals surface area contributed by atoms with Crippen molar-refractivity contribution in [2.75, 3.05) is 19.4 Å². The first kappa shape index (κ1) is 17.1. The van der Waals surface area contributed by atoms with E-state index in [4.69, 9.17) is 0 Å². The molecule has 1 N–H and O–H groups in total. The third kappa shape index (κ3) is 3.92. The predicted octanol–water partition coefficient (Wildman–Crippen LogP) is 3.68. The van der Waals surface area contributed by atoms with Gasteiger partial charge in [-0.1, -0.05) is 15.9 Å². The van der Waals surface area contributed by atoms with Crippen LogP contribution in [0, 0.1) is 11.6 Å². The standard InChI is InChI=1S/C16H13BrF2N2O2/c1-21(2)16(23)9-3-6-12(18)14(7-9)20-15(22)11-5-4-10(17)8-13(11)19/h3-8H,1-2H3,(H,20,22). The molecule has 0 heterocycles. The normalized spacial score (nSPS) is 10.3. The number of benzene rings is 2. The molecule has 120 valence electrons. The summed E-state index contributed by atoms with van der Waals surface area (Å²) in [5.74, 6) is -2.59. The molecule has 23 heavy (non-hydrogen) atoms. The van der Waals surface area contributed by atoms with Crippen molar-refractivity contribution in [2.24, 2.45) is 0 Å². The van der Waals surface area contributed by atoms with Crippen LogP contribution in [0.3, 0.4) is 0 Å². The van der Waals surface area contributed by atoms with Crippen molar-refractivity contribution >= 4 is 33.4 Å². The first-order chi connectivity index (χ1) is 10.8. The molecule has 2 aromatic carbocycles. The van der Waals surface area contributed by atoms with Gasteiger partial charge in [-0.05, 0) is 36.4 Å².